The van der Waals surface area contributed by atoms with E-state index in [2.05, 4.69) is 19.8 Å². The number of carbonyl (C=O) groups excluding carboxylic acids is 1. The van der Waals surface area contributed by atoms with E-state index < -0.39 is 12.0 Å². The first-order chi connectivity index (χ1) is 14.4. The molecular formula is C20H28Cl2N6O3. The number of carbonyl (C=O) groups is 1. The van der Waals surface area contributed by atoms with Crippen LogP contribution in [0.4, 0.5) is 11.6 Å². The first-order valence-corrected chi connectivity index (χ1v) is 10.1. The number of primary amides is 1. The van der Waals surface area contributed by atoms with Gasteiger partial charge in [0, 0.05) is 57.5 Å². The van der Waals surface area contributed by atoms with Crippen molar-refractivity contribution >= 4 is 41.6 Å². The van der Waals surface area contributed by atoms with Crippen LogP contribution in [0.1, 0.15) is 10.5 Å². The van der Waals surface area contributed by atoms with E-state index in [4.69, 9.17) is 22.1 Å². The highest BCUT2D eigenvalue weighted by atomic mass is 35.5. The second-order valence-corrected chi connectivity index (χ2v) is 7.68. The number of likely N-dealkylation sites (N-methyl/N-ethyl adjacent to an activating group) is 1. The van der Waals surface area contributed by atoms with Crippen LogP contribution in [0.5, 0.6) is 5.75 Å². The Bertz CT molecular complexity index is 880. The number of benzene rings is 1. The predicted molar refractivity (Wildman–Crippen MR) is 124 cm³/mol. The first-order valence-electron chi connectivity index (χ1n) is 9.70. The van der Waals surface area contributed by atoms with Gasteiger partial charge in [-0.1, -0.05) is 11.6 Å². The molecule has 170 valence electrons. The molecule has 2 heterocycles. The van der Waals surface area contributed by atoms with E-state index in [-0.39, 0.29) is 18.1 Å². The second-order valence-electron chi connectivity index (χ2n) is 7.24. The van der Waals surface area contributed by atoms with Gasteiger partial charge in [-0.05, 0) is 24.3 Å². The van der Waals surface area contributed by atoms with Crippen molar-refractivity contribution in [3.63, 3.8) is 0 Å². The van der Waals surface area contributed by atoms with Crippen LogP contribution in [-0.4, -0.2) is 85.4 Å². The van der Waals surface area contributed by atoms with Crippen molar-refractivity contribution in [1.29, 1.82) is 0 Å². The number of rotatable bonds is 8. The van der Waals surface area contributed by atoms with Gasteiger partial charge in [0.1, 0.15) is 11.4 Å². The smallest absolute Gasteiger partial charge is 0.267 e. The van der Waals surface area contributed by atoms with Gasteiger partial charge in [0.2, 0.25) is 5.95 Å². The molecule has 0 aliphatic carbocycles. The maximum atomic E-state index is 11.3. The average molecular weight is 471 g/mol. The number of aromatic nitrogens is 2. The van der Waals surface area contributed by atoms with E-state index in [1.807, 2.05) is 18.2 Å². The predicted octanol–water partition coefficient (Wildman–Crippen LogP) is 1.28. The zero-order chi connectivity index (χ0) is 21.7. The van der Waals surface area contributed by atoms with Gasteiger partial charge in [0.15, 0.2) is 0 Å². The lowest BCUT2D eigenvalue weighted by Gasteiger charge is -2.37. The first kappa shape index (κ1) is 24.9. The summed E-state index contributed by atoms with van der Waals surface area (Å²) in [6.45, 7) is 4.10. The number of anilines is 2. The van der Waals surface area contributed by atoms with Gasteiger partial charge in [-0.2, -0.15) is 0 Å². The molecule has 0 bridgehead atoms. The van der Waals surface area contributed by atoms with Crippen LogP contribution >= 0.6 is 24.0 Å². The summed E-state index contributed by atoms with van der Waals surface area (Å²) >= 11 is 6.15. The lowest BCUT2D eigenvalue weighted by atomic mass is 10.2. The zero-order valence-electron chi connectivity index (χ0n) is 17.6. The minimum Gasteiger partial charge on any atom is -0.495 e. The third kappa shape index (κ3) is 6.57. The summed E-state index contributed by atoms with van der Waals surface area (Å²) in [5, 5.41) is 11.2. The molecule has 1 amide bonds. The molecule has 1 aliphatic heterocycles. The lowest BCUT2D eigenvalue weighted by Crippen LogP contribution is -2.50. The lowest BCUT2D eigenvalue weighted by molar-refractivity contribution is 0.0995. The van der Waals surface area contributed by atoms with Gasteiger partial charge < -0.3 is 25.4 Å². The molecular weight excluding hydrogens is 443 g/mol. The average Bonchev–Trinajstić information content (AvgIpc) is 2.74. The highest BCUT2D eigenvalue weighted by Gasteiger charge is 2.22. The van der Waals surface area contributed by atoms with Crippen molar-refractivity contribution in [1.82, 2.24) is 14.9 Å². The number of ether oxygens (including phenoxy) is 1. The zero-order valence-corrected chi connectivity index (χ0v) is 19.1. The summed E-state index contributed by atoms with van der Waals surface area (Å²) in [6.07, 6.45) is 0.886. The third-order valence-corrected chi connectivity index (χ3v) is 5.28. The van der Waals surface area contributed by atoms with Crippen LogP contribution in [0.2, 0.25) is 5.02 Å². The number of piperazine rings is 1. The molecule has 1 aromatic carbocycles. The van der Waals surface area contributed by atoms with Crippen LogP contribution in [-0.2, 0) is 0 Å². The number of aliphatic hydroxyl groups excluding tert-OH is 1. The van der Waals surface area contributed by atoms with Crippen molar-refractivity contribution in [2.24, 2.45) is 5.73 Å². The number of aliphatic hydroxyl groups is 1. The maximum Gasteiger partial charge on any atom is 0.267 e. The van der Waals surface area contributed by atoms with Crippen molar-refractivity contribution in [2.75, 3.05) is 63.2 Å². The number of nitrogens with zero attached hydrogens (tertiary/aromatic N) is 5. The van der Waals surface area contributed by atoms with Crippen LogP contribution in [0.25, 0.3) is 0 Å². The summed E-state index contributed by atoms with van der Waals surface area (Å²) < 4.78 is 5.45. The Balaban J connectivity index is 0.00000341. The van der Waals surface area contributed by atoms with E-state index >= 15 is 0 Å². The highest BCUT2D eigenvalue weighted by molar-refractivity contribution is 6.30. The Labute approximate surface area is 193 Å². The number of methoxy groups -OCH3 is 1. The highest BCUT2D eigenvalue weighted by Crippen LogP contribution is 2.31. The maximum absolute atomic E-state index is 11.3. The molecule has 1 atom stereocenters. The van der Waals surface area contributed by atoms with Crippen LogP contribution in [0, 0.1) is 0 Å². The molecule has 1 fully saturated rings. The summed E-state index contributed by atoms with van der Waals surface area (Å²) in [6, 6.07) is 7.07. The number of β-amino-alcohol motifs (C(OH)–C–C–N with tert-alkyl or cyclic N) is 1. The Morgan fingerprint density at radius 1 is 1.32 bits per heavy atom. The number of amides is 1. The molecule has 1 unspecified atom stereocenters. The third-order valence-electron chi connectivity index (χ3n) is 5.04. The second kappa shape index (κ2) is 11.3. The van der Waals surface area contributed by atoms with E-state index in [1.54, 1.807) is 19.1 Å². The molecule has 1 saturated heterocycles. The van der Waals surface area contributed by atoms with Crippen molar-refractivity contribution in [3.05, 3.63) is 41.2 Å². The number of halogens is 2. The van der Waals surface area contributed by atoms with E-state index in [9.17, 15) is 9.90 Å². The topological polar surface area (TPSA) is 108 Å². The van der Waals surface area contributed by atoms with Crippen molar-refractivity contribution in [2.45, 2.75) is 6.10 Å². The number of nitrogens with two attached hydrogens (primary N) is 1. The Morgan fingerprint density at radius 2 is 2.03 bits per heavy atom. The van der Waals surface area contributed by atoms with Gasteiger partial charge >= 0.3 is 0 Å². The van der Waals surface area contributed by atoms with Gasteiger partial charge in [-0.25, -0.2) is 9.97 Å². The SMILES string of the molecule is COc1ccc(Cl)cc1N1CCN(CC(O)CN(C)c2nccc(C(N)=O)n2)CC1.Cl. The van der Waals surface area contributed by atoms with E-state index in [1.165, 1.54) is 12.3 Å². The summed E-state index contributed by atoms with van der Waals surface area (Å²) in [5.74, 6) is 0.540. The van der Waals surface area contributed by atoms with E-state index in [0.717, 1.165) is 37.6 Å². The fraction of sp³-hybridized carbons (Fsp3) is 0.450. The molecule has 0 saturated carbocycles. The van der Waals surface area contributed by atoms with Crippen molar-refractivity contribution < 1.29 is 14.6 Å². The van der Waals surface area contributed by atoms with Gasteiger partial charge in [0.25, 0.3) is 5.91 Å². The molecule has 2 aromatic rings. The number of hydrogen-bond acceptors (Lipinski definition) is 8. The van der Waals surface area contributed by atoms with Gasteiger partial charge in [-0.15, -0.1) is 12.4 Å². The molecule has 0 spiro atoms. The molecule has 3 N–H and O–H groups in total. The molecule has 31 heavy (non-hydrogen) atoms. The van der Waals surface area contributed by atoms with Crippen LogP contribution < -0.4 is 20.3 Å². The Kier molecular flexibility index (Phi) is 9.12. The Hall–Kier alpha value is -2.33. The fourth-order valence-electron chi connectivity index (χ4n) is 3.50. The minimum atomic E-state index is -0.609. The van der Waals surface area contributed by atoms with Gasteiger partial charge in [0.05, 0.1) is 18.9 Å². The summed E-state index contributed by atoms with van der Waals surface area (Å²) in [5.41, 5.74) is 6.39. The molecule has 3 rings (SSSR count). The largest absolute Gasteiger partial charge is 0.495 e. The number of hydrogen-bond donors (Lipinski definition) is 2. The molecule has 1 aliphatic rings. The minimum absolute atomic E-state index is 0. The van der Waals surface area contributed by atoms with Gasteiger partial charge in [-0.3, -0.25) is 9.69 Å². The van der Waals surface area contributed by atoms with Crippen LogP contribution in [0.3, 0.4) is 0 Å². The fourth-order valence-corrected chi connectivity index (χ4v) is 3.67. The summed E-state index contributed by atoms with van der Waals surface area (Å²) in [7, 11) is 3.42. The van der Waals surface area contributed by atoms with Crippen LogP contribution in [0.15, 0.2) is 30.5 Å². The quantitative estimate of drug-likeness (QED) is 0.593. The van der Waals surface area contributed by atoms with E-state index in [0.29, 0.717) is 24.1 Å². The van der Waals surface area contributed by atoms with Crippen molar-refractivity contribution in [3.8, 4) is 5.75 Å². The normalized spacial score (nSPS) is 15.2. The Morgan fingerprint density at radius 3 is 2.68 bits per heavy atom. The molecule has 1 aromatic heterocycles. The summed E-state index contributed by atoms with van der Waals surface area (Å²) in [4.78, 5) is 25.7. The standard InChI is InChI=1S/C20H27ClN6O3.ClH/c1-25(20-23-6-5-16(24-20)19(22)29)12-15(28)13-26-7-9-27(10-8-26)17-11-14(21)3-4-18(17)30-2;/h3-6,11,15,28H,7-10,12-13H2,1-2H3,(H2,22,29);1H. The molecule has 11 heteroatoms. The molecule has 9 nitrogen and oxygen atoms in total. The monoisotopic (exact) mass is 470 g/mol. The molecule has 0 radical (unpaired) electrons.